The molecule has 0 amide bonds. The van der Waals surface area contributed by atoms with E-state index in [-0.39, 0.29) is 18.6 Å². The van der Waals surface area contributed by atoms with Gasteiger partial charge in [0, 0.05) is 27.6 Å². The molecule has 1 aromatic carbocycles. The minimum absolute atomic E-state index is 0.210. The summed E-state index contributed by atoms with van der Waals surface area (Å²) in [5.41, 5.74) is 2.10. The second-order valence-corrected chi connectivity index (χ2v) is 6.65. The zero-order chi connectivity index (χ0) is 17.9. The van der Waals surface area contributed by atoms with Gasteiger partial charge in [0.15, 0.2) is 5.92 Å². The maximum absolute atomic E-state index is 12.5. The molecule has 24 heavy (non-hydrogen) atoms. The molecule has 5 nitrogen and oxygen atoms in total. The van der Waals surface area contributed by atoms with Crippen LogP contribution in [-0.4, -0.2) is 30.1 Å². The van der Waals surface area contributed by atoms with Crippen molar-refractivity contribution in [2.45, 2.75) is 46.0 Å². The van der Waals surface area contributed by atoms with Gasteiger partial charge in [-0.1, -0.05) is 39.0 Å². The minimum atomic E-state index is -1.09. The number of H-pyrrole nitrogens is 1. The van der Waals surface area contributed by atoms with E-state index in [1.54, 1.807) is 13.8 Å². The van der Waals surface area contributed by atoms with Crippen molar-refractivity contribution in [1.82, 2.24) is 4.98 Å². The number of benzene rings is 1. The molecule has 0 saturated carbocycles. The number of hydrogen-bond acceptors (Lipinski definition) is 4. The molecule has 1 heterocycles. The second-order valence-electron chi connectivity index (χ2n) is 6.65. The summed E-state index contributed by atoms with van der Waals surface area (Å²) >= 11 is 0. The molecule has 5 heteroatoms. The summed E-state index contributed by atoms with van der Waals surface area (Å²) < 4.78 is 10.3. The van der Waals surface area contributed by atoms with Crippen LogP contribution in [0, 0.1) is 0 Å². The lowest BCUT2D eigenvalue weighted by Crippen LogP contribution is -2.28. The Kier molecular flexibility index (Phi) is 5.32. The highest BCUT2D eigenvalue weighted by Gasteiger charge is 2.38. The number of aromatic amines is 1. The van der Waals surface area contributed by atoms with Crippen LogP contribution >= 0.6 is 0 Å². The number of para-hydroxylation sites is 1. The predicted octanol–water partition coefficient (Wildman–Crippen LogP) is 3.68. The Bertz CT molecular complexity index is 721. The summed E-state index contributed by atoms with van der Waals surface area (Å²) in [6.45, 7) is 9.97. The van der Waals surface area contributed by atoms with Crippen LogP contribution in [0.4, 0.5) is 0 Å². The van der Waals surface area contributed by atoms with Gasteiger partial charge >= 0.3 is 11.9 Å². The third-order valence-electron chi connectivity index (χ3n) is 3.83. The molecule has 0 unspecified atom stereocenters. The van der Waals surface area contributed by atoms with Crippen LogP contribution in [0.3, 0.4) is 0 Å². The SMILES string of the molecule is CCOC(=O)C(C(=O)OCC)c1c(C(C)(C)C)[nH]c2ccccc12. The van der Waals surface area contributed by atoms with E-state index >= 15 is 0 Å². The number of carbonyl (C=O) groups is 2. The van der Waals surface area contributed by atoms with E-state index in [1.165, 1.54) is 0 Å². The topological polar surface area (TPSA) is 68.4 Å². The monoisotopic (exact) mass is 331 g/mol. The Morgan fingerprint density at radius 1 is 1.04 bits per heavy atom. The van der Waals surface area contributed by atoms with Crippen LogP contribution in [0.1, 0.15) is 51.8 Å². The first-order valence-corrected chi connectivity index (χ1v) is 8.25. The number of nitrogens with one attached hydrogen (secondary N) is 1. The molecule has 2 aromatic rings. The van der Waals surface area contributed by atoms with Crippen molar-refractivity contribution < 1.29 is 19.1 Å². The van der Waals surface area contributed by atoms with Crippen molar-refractivity contribution in [3.63, 3.8) is 0 Å². The van der Waals surface area contributed by atoms with E-state index in [0.29, 0.717) is 5.56 Å². The number of fused-ring (bicyclic) bond motifs is 1. The van der Waals surface area contributed by atoms with E-state index < -0.39 is 17.9 Å². The van der Waals surface area contributed by atoms with E-state index in [0.717, 1.165) is 16.6 Å². The van der Waals surface area contributed by atoms with Crippen molar-refractivity contribution in [2.24, 2.45) is 0 Å². The molecule has 0 aliphatic heterocycles. The van der Waals surface area contributed by atoms with E-state index in [9.17, 15) is 9.59 Å². The highest BCUT2D eigenvalue weighted by Crippen LogP contribution is 2.37. The molecule has 130 valence electrons. The fraction of sp³-hybridized carbons (Fsp3) is 0.474. The molecule has 0 atom stereocenters. The van der Waals surface area contributed by atoms with Crippen molar-refractivity contribution in [3.05, 3.63) is 35.5 Å². The number of rotatable bonds is 5. The van der Waals surface area contributed by atoms with Crippen LogP contribution in [0.15, 0.2) is 24.3 Å². The number of hydrogen-bond donors (Lipinski definition) is 1. The fourth-order valence-electron chi connectivity index (χ4n) is 2.84. The van der Waals surface area contributed by atoms with Gasteiger partial charge in [0.25, 0.3) is 0 Å². The maximum atomic E-state index is 12.5. The molecule has 2 rings (SSSR count). The standard InChI is InChI=1S/C19H25NO4/c1-6-23-17(21)15(18(22)24-7-2)14-12-10-8-9-11-13(12)20-16(14)19(3,4)5/h8-11,15,20H,6-7H2,1-5H3. The van der Waals surface area contributed by atoms with Gasteiger partial charge in [0.05, 0.1) is 13.2 Å². The lowest BCUT2D eigenvalue weighted by atomic mass is 9.84. The lowest BCUT2D eigenvalue weighted by Gasteiger charge is -2.23. The lowest BCUT2D eigenvalue weighted by molar-refractivity contribution is -0.156. The highest BCUT2D eigenvalue weighted by molar-refractivity contribution is 6.05. The first-order chi connectivity index (χ1) is 11.3. The second kappa shape index (κ2) is 7.07. The van der Waals surface area contributed by atoms with Crippen LogP contribution in [-0.2, 0) is 24.5 Å². The number of aromatic nitrogens is 1. The Morgan fingerprint density at radius 3 is 2.08 bits per heavy atom. The largest absolute Gasteiger partial charge is 0.465 e. The highest BCUT2D eigenvalue weighted by atomic mass is 16.6. The molecule has 1 N–H and O–H groups in total. The average molecular weight is 331 g/mol. The molecule has 0 bridgehead atoms. The zero-order valence-electron chi connectivity index (χ0n) is 14.9. The summed E-state index contributed by atoms with van der Waals surface area (Å²) in [7, 11) is 0. The van der Waals surface area contributed by atoms with E-state index in [2.05, 4.69) is 4.98 Å². The quantitative estimate of drug-likeness (QED) is 0.670. The molecular formula is C19H25NO4. The normalized spacial score (nSPS) is 11.8. The number of carbonyl (C=O) groups excluding carboxylic acids is 2. The van der Waals surface area contributed by atoms with Crippen molar-refractivity contribution in [1.29, 1.82) is 0 Å². The Balaban J connectivity index is 2.72. The van der Waals surface area contributed by atoms with E-state index in [4.69, 9.17) is 9.47 Å². The van der Waals surface area contributed by atoms with Gasteiger partial charge in [-0.25, -0.2) is 0 Å². The van der Waals surface area contributed by atoms with Crippen LogP contribution < -0.4 is 0 Å². The van der Waals surface area contributed by atoms with Crippen LogP contribution in [0.5, 0.6) is 0 Å². The molecule has 0 radical (unpaired) electrons. The van der Waals surface area contributed by atoms with Crippen molar-refractivity contribution in [2.75, 3.05) is 13.2 Å². The Morgan fingerprint density at radius 2 is 1.58 bits per heavy atom. The third-order valence-corrected chi connectivity index (χ3v) is 3.83. The summed E-state index contributed by atoms with van der Waals surface area (Å²) in [4.78, 5) is 28.5. The summed E-state index contributed by atoms with van der Waals surface area (Å²) in [5, 5.41) is 0.841. The zero-order valence-corrected chi connectivity index (χ0v) is 14.9. The van der Waals surface area contributed by atoms with Gasteiger partial charge < -0.3 is 14.5 Å². The van der Waals surface area contributed by atoms with Gasteiger partial charge in [-0.15, -0.1) is 0 Å². The van der Waals surface area contributed by atoms with Crippen molar-refractivity contribution in [3.8, 4) is 0 Å². The van der Waals surface area contributed by atoms with E-state index in [1.807, 2.05) is 45.0 Å². The van der Waals surface area contributed by atoms with Crippen LogP contribution in [0.25, 0.3) is 10.9 Å². The van der Waals surface area contributed by atoms with Gasteiger partial charge in [-0.2, -0.15) is 0 Å². The average Bonchev–Trinajstić information content (AvgIpc) is 2.88. The van der Waals surface area contributed by atoms with Crippen LogP contribution in [0.2, 0.25) is 0 Å². The third kappa shape index (κ3) is 3.45. The molecule has 0 fully saturated rings. The summed E-state index contributed by atoms with van der Waals surface area (Å²) in [6.07, 6.45) is 0. The molecule has 0 spiro atoms. The summed E-state index contributed by atoms with van der Waals surface area (Å²) in [5.74, 6) is -2.24. The van der Waals surface area contributed by atoms with Crippen molar-refractivity contribution >= 4 is 22.8 Å². The molecule has 0 saturated heterocycles. The first kappa shape index (κ1) is 18.0. The minimum Gasteiger partial charge on any atom is -0.465 e. The summed E-state index contributed by atoms with van der Waals surface area (Å²) in [6, 6.07) is 7.64. The number of esters is 2. The van der Waals surface area contributed by atoms with Gasteiger partial charge in [0.2, 0.25) is 0 Å². The molecule has 0 aliphatic carbocycles. The Labute approximate surface area is 142 Å². The number of ether oxygens (including phenoxy) is 2. The molecule has 0 aliphatic rings. The first-order valence-electron chi connectivity index (χ1n) is 8.25. The maximum Gasteiger partial charge on any atom is 0.324 e. The smallest absolute Gasteiger partial charge is 0.324 e. The predicted molar refractivity (Wildman–Crippen MR) is 93.0 cm³/mol. The Hall–Kier alpha value is -2.30. The van der Waals surface area contributed by atoms with Gasteiger partial charge in [0.1, 0.15) is 0 Å². The fourth-order valence-corrected chi connectivity index (χ4v) is 2.84. The molecular weight excluding hydrogens is 306 g/mol. The molecule has 1 aromatic heterocycles. The van der Waals surface area contributed by atoms with Gasteiger partial charge in [-0.3, -0.25) is 9.59 Å². The van der Waals surface area contributed by atoms with Gasteiger partial charge in [-0.05, 0) is 19.9 Å².